The second kappa shape index (κ2) is 5.45. The van der Waals surface area contributed by atoms with Crippen molar-refractivity contribution >= 4 is 0 Å². The molecule has 1 aromatic heterocycles. The molecule has 20 heavy (non-hydrogen) atoms. The van der Waals surface area contributed by atoms with Gasteiger partial charge in [-0.3, -0.25) is 4.79 Å². The van der Waals surface area contributed by atoms with Crippen LogP contribution in [0, 0.1) is 17.6 Å². The molecule has 0 spiro atoms. The Hall–Kier alpha value is -2.17. The van der Waals surface area contributed by atoms with Gasteiger partial charge in [0.05, 0.1) is 5.56 Å². The molecular formula is C15H15F2NO2. The summed E-state index contributed by atoms with van der Waals surface area (Å²) in [5.74, 6) is -1.63. The van der Waals surface area contributed by atoms with Gasteiger partial charge >= 0.3 is 0 Å². The molecule has 2 rings (SSSR count). The second-order valence-electron chi connectivity index (χ2n) is 5.11. The number of aromatic nitrogens is 1. The molecule has 2 aromatic rings. The van der Waals surface area contributed by atoms with Gasteiger partial charge in [0.15, 0.2) is 0 Å². The number of pyridine rings is 1. The van der Waals surface area contributed by atoms with E-state index in [0.29, 0.717) is 24.1 Å². The van der Waals surface area contributed by atoms with E-state index >= 15 is 0 Å². The lowest BCUT2D eigenvalue weighted by molar-refractivity contribution is 0.473. The van der Waals surface area contributed by atoms with Crippen molar-refractivity contribution in [2.24, 2.45) is 5.92 Å². The lowest BCUT2D eigenvalue weighted by Gasteiger charge is -2.09. The summed E-state index contributed by atoms with van der Waals surface area (Å²) in [6.45, 7) is 3.95. The van der Waals surface area contributed by atoms with Gasteiger partial charge in [0.1, 0.15) is 17.4 Å². The zero-order chi connectivity index (χ0) is 14.9. The van der Waals surface area contributed by atoms with E-state index in [1.807, 2.05) is 13.8 Å². The predicted molar refractivity (Wildman–Crippen MR) is 72.6 cm³/mol. The largest absolute Gasteiger partial charge is 0.507 e. The topological polar surface area (TPSA) is 53.1 Å². The molecule has 0 fully saturated rings. The summed E-state index contributed by atoms with van der Waals surface area (Å²) in [7, 11) is 0. The maximum absolute atomic E-state index is 13.7. The maximum Gasteiger partial charge on any atom is 0.259 e. The Kier molecular flexibility index (Phi) is 3.88. The molecular weight excluding hydrogens is 264 g/mol. The van der Waals surface area contributed by atoms with Gasteiger partial charge in [0, 0.05) is 23.4 Å². The van der Waals surface area contributed by atoms with Crippen LogP contribution in [0.4, 0.5) is 8.78 Å². The van der Waals surface area contributed by atoms with Crippen molar-refractivity contribution in [3.63, 3.8) is 0 Å². The SMILES string of the molecule is CC(C)Cc1cc(O)c(-c2ccc(F)cc2F)c(=O)[nH]1. The van der Waals surface area contributed by atoms with Gasteiger partial charge in [-0.05, 0) is 24.5 Å². The number of hydrogen-bond acceptors (Lipinski definition) is 2. The molecule has 0 aliphatic carbocycles. The third-order valence-corrected chi connectivity index (χ3v) is 2.90. The van der Waals surface area contributed by atoms with E-state index in [2.05, 4.69) is 4.98 Å². The highest BCUT2D eigenvalue weighted by Crippen LogP contribution is 2.28. The van der Waals surface area contributed by atoms with Crippen molar-refractivity contribution in [3.8, 4) is 16.9 Å². The molecule has 0 saturated carbocycles. The zero-order valence-corrected chi connectivity index (χ0v) is 11.2. The first-order valence-electron chi connectivity index (χ1n) is 6.29. The van der Waals surface area contributed by atoms with Gasteiger partial charge in [0.2, 0.25) is 0 Å². The molecule has 1 heterocycles. The number of halogens is 2. The van der Waals surface area contributed by atoms with Gasteiger partial charge in [-0.1, -0.05) is 13.8 Å². The Bertz CT molecular complexity index is 693. The minimum Gasteiger partial charge on any atom is -0.507 e. The normalized spacial score (nSPS) is 11.1. The molecule has 0 amide bonds. The highest BCUT2D eigenvalue weighted by Gasteiger charge is 2.16. The molecule has 0 aliphatic heterocycles. The van der Waals surface area contributed by atoms with Gasteiger partial charge in [-0.2, -0.15) is 0 Å². The van der Waals surface area contributed by atoms with E-state index in [0.717, 1.165) is 12.1 Å². The summed E-state index contributed by atoms with van der Waals surface area (Å²) in [4.78, 5) is 14.6. The lowest BCUT2D eigenvalue weighted by atomic mass is 10.0. The summed E-state index contributed by atoms with van der Waals surface area (Å²) in [5, 5.41) is 9.95. The van der Waals surface area contributed by atoms with E-state index in [4.69, 9.17) is 0 Å². The minimum atomic E-state index is -0.887. The summed E-state index contributed by atoms with van der Waals surface area (Å²) in [6.07, 6.45) is 0.592. The molecule has 3 nitrogen and oxygen atoms in total. The molecule has 2 N–H and O–H groups in total. The number of rotatable bonds is 3. The van der Waals surface area contributed by atoms with E-state index in [9.17, 15) is 18.7 Å². The van der Waals surface area contributed by atoms with Crippen LogP contribution in [0.2, 0.25) is 0 Å². The molecule has 1 aromatic carbocycles. The predicted octanol–water partition coefficient (Wildman–Crippen LogP) is 3.22. The van der Waals surface area contributed by atoms with E-state index in [1.165, 1.54) is 6.07 Å². The van der Waals surface area contributed by atoms with Crippen molar-refractivity contribution < 1.29 is 13.9 Å². The molecule has 0 saturated heterocycles. The molecule has 0 radical (unpaired) electrons. The number of nitrogens with one attached hydrogen (secondary N) is 1. The standard InChI is InChI=1S/C15H15F2NO2/c1-8(2)5-10-7-13(19)14(15(20)18-10)11-4-3-9(16)6-12(11)17/h3-4,6-8H,5H2,1-2H3,(H2,18,19,20). The van der Waals surface area contributed by atoms with Crippen LogP contribution in [-0.4, -0.2) is 10.1 Å². The summed E-state index contributed by atoms with van der Waals surface area (Å²) < 4.78 is 26.6. The van der Waals surface area contributed by atoms with E-state index < -0.39 is 17.2 Å². The number of aromatic hydroxyl groups is 1. The average molecular weight is 279 g/mol. The number of H-pyrrole nitrogens is 1. The Balaban J connectivity index is 2.55. The van der Waals surface area contributed by atoms with E-state index in [-0.39, 0.29) is 16.9 Å². The van der Waals surface area contributed by atoms with Crippen LogP contribution in [0.5, 0.6) is 5.75 Å². The van der Waals surface area contributed by atoms with Crippen LogP contribution in [0.3, 0.4) is 0 Å². The Morgan fingerprint density at radius 3 is 2.50 bits per heavy atom. The Labute approximate surface area is 114 Å². The fraction of sp³-hybridized carbons (Fsp3) is 0.267. The third-order valence-electron chi connectivity index (χ3n) is 2.90. The number of hydrogen-bond donors (Lipinski definition) is 2. The van der Waals surface area contributed by atoms with Crippen molar-refractivity contribution in [3.05, 3.63) is 51.9 Å². The van der Waals surface area contributed by atoms with Crippen LogP contribution >= 0.6 is 0 Å². The van der Waals surface area contributed by atoms with Crippen LogP contribution in [0.15, 0.2) is 29.1 Å². The van der Waals surface area contributed by atoms with E-state index in [1.54, 1.807) is 0 Å². The summed E-state index contributed by atoms with van der Waals surface area (Å²) in [5.41, 5.74) is -0.323. The molecule has 0 unspecified atom stereocenters. The van der Waals surface area contributed by atoms with Crippen LogP contribution in [0.25, 0.3) is 11.1 Å². The Morgan fingerprint density at radius 1 is 1.25 bits per heavy atom. The van der Waals surface area contributed by atoms with Crippen LogP contribution < -0.4 is 5.56 Å². The van der Waals surface area contributed by atoms with Gasteiger partial charge in [-0.15, -0.1) is 0 Å². The van der Waals surface area contributed by atoms with Crippen molar-refractivity contribution in [2.45, 2.75) is 20.3 Å². The van der Waals surface area contributed by atoms with Gasteiger partial charge in [-0.25, -0.2) is 8.78 Å². The molecule has 5 heteroatoms. The number of benzene rings is 1. The smallest absolute Gasteiger partial charge is 0.259 e. The first kappa shape index (κ1) is 14.2. The zero-order valence-electron chi connectivity index (χ0n) is 11.2. The molecule has 106 valence electrons. The second-order valence-corrected chi connectivity index (χ2v) is 5.11. The van der Waals surface area contributed by atoms with Crippen LogP contribution in [0.1, 0.15) is 19.5 Å². The minimum absolute atomic E-state index is 0.124. The first-order valence-corrected chi connectivity index (χ1v) is 6.29. The average Bonchev–Trinajstić information content (AvgIpc) is 2.30. The lowest BCUT2D eigenvalue weighted by Crippen LogP contribution is -2.13. The monoisotopic (exact) mass is 279 g/mol. The highest BCUT2D eigenvalue weighted by molar-refractivity contribution is 5.69. The van der Waals surface area contributed by atoms with Crippen molar-refractivity contribution in [1.82, 2.24) is 4.98 Å². The van der Waals surface area contributed by atoms with Gasteiger partial charge in [0.25, 0.3) is 5.56 Å². The molecule has 0 bridgehead atoms. The maximum atomic E-state index is 13.7. The van der Waals surface area contributed by atoms with Gasteiger partial charge < -0.3 is 10.1 Å². The summed E-state index contributed by atoms with van der Waals surface area (Å²) >= 11 is 0. The Morgan fingerprint density at radius 2 is 1.95 bits per heavy atom. The fourth-order valence-electron chi connectivity index (χ4n) is 2.10. The van der Waals surface area contributed by atoms with Crippen LogP contribution in [-0.2, 0) is 6.42 Å². The fourth-order valence-corrected chi connectivity index (χ4v) is 2.10. The number of aromatic amines is 1. The molecule has 0 aliphatic rings. The highest BCUT2D eigenvalue weighted by atomic mass is 19.1. The van der Waals surface area contributed by atoms with Crippen molar-refractivity contribution in [1.29, 1.82) is 0 Å². The quantitative estimate of drug-likeness (QED) is 0.906. The molecule has 0 atom stereocenters. The van der Waals surface area contributed by atoms with Crippen molar-refractivity contribution in [2.75, 3.05) is 0 Å². The summed E-state index contributed by atoms with van der Waals surface area (Å²) in [6, 6.07) is 4.26. The first-order chi connectivity index (χ1) is 9.38. The third kappa shape index (κ3) is 2.87.